The lowest BCUT2D eigenvalue weighted by Gasteiger charge is -2.11. The van der Waals surface area contributed by atoms with Crippen molar-refractivity contribution in [1.82, 2.24) is 10.3 Å². The summed E-state index contributed by atoms with van der Waals surface area (Å²) >= 11 is 0. The number of pyridine rings is 1. The SMILES string of the molecule is CN[C@H](C)COCc1ccc(OC)c(N)n1. The van der Waals surface area contributed by atoms with Gasteiger partial charge in [-0.2, -0.15) is 0 Å². The van der Waals surface area contributed by atoms with Crippen LogP contribution in [-0.4, -0.2) is 31.8 Å². The molecule has 0 aromatic carbocycles. The maximum absolute atomic E-state index is 5.69. The monoisotopic (exact) mass is 225 g/mol. The molecule has 0 unspecified atom stereocenters. The molecule has 16 heavy (non-hydrogen) atoms. The van der Waals surface area contributed by atoms with Crippen molar-refractivity contribution in [3.8, 4) is 5.75 Å². The van der Waals surface area contributed by atoms with E-state index in [2.05, 4.69) is 17.2 Å². The second kappa shape index (κ2) is 6.30. The number of anilines is 1. The largest absolute Gasteiger partial charge is 0.493 e. The zero-order valence-corrected chi connectivity index (χ0v) is 9.99. The van der Waals surface area contributed by atoms with Crippen LogP contribution in [-0.2, 0) is 11.3 Å². The molecule has 1 aromatic heterocycles. The Labute approximate surface area is 96.0 Å². The number of hydrogen-bond donors (Lipinski definition) is 2. The highest BCUT2D eigenvalue weighted by Crippen LogP contribution is 2.18. The highest BCUT2D eigenvalue weighted by Gasteiger charge is 2.03. The van der Waals surface area contributed by atoms with Gasteiger partial charge in [0.1, 0.15) is 0 Å². The fraction of sp³-hybridized carbons (Fsp3) is 0.545. The van der Waals surface area contributed by atoms with Crippen molar-refractivity contribution in [3.05, 3.63) is 17.8 Å². The highest BCUT2D eigenvalue weighted by molar-refractivity contribution is 5.46. The van der Waals surface area contributed by atoms with Gasteiger partial charge < -0.3 is 20.5 Å². The maximum atomic E-state index is 5.69. The van der Waals surface area contributed by atoms with Crippen LogP contribution in [0.2, 0.25) is 0 Å². The molecule has 1 rings (SSSR count). The van der Waals surface area contributed by atoms with Gasteiger partial charge in [-0.15, -0.1) is 0 Å². The number of rotatable bonds is 6. The van der Waals surface area contributed by atoms with Crippen LogP contribution in [0.5, 0.6) is 5.75 Å². The molecule has 5 heteroatoms. The number of ether oxygens (including phenoxy) is 2. The van der Waals surface area contributed by atoms with Gasteiger partial charge in [0, 0.05) is 6.04 Å². The van der Waals surface area contributed by atoms with E-state index < -0.39 is 0 Å². The summed E-state index contributed by atoms with van der Waals surface area (Å²) in [6, 6.07) is 3.97. The first-order valence-corrected chi connectivity index (χ1v) is 5.21. The van der Waals surface area contributed by atoms with Gasteiger partial charge in [-0.1, -0.05) is 0 Å². The fourth-order valence-electron chi connectivity index (χ4n) is 1.18. The molecule has 0 saturated carbocycles. The lowest BCUT2D eigenvalue weighted by molar-refractivity contribution is 0.102. The zero-order chi connectivity index (χ0) is 12.0. The quantitative estimate of drug-likeness (QED) is 0.749. The molecule has 1 atom stereocenters. The van der Waals surface area contributed by atoms with Crippen LogP contribution in [0.25, 0.3) is 0 Å². The molecule has 0 aliphatic heterocycles. The molecule has 5 nitrogen and oxygen atoms in total. The number of nitrogens with two attached hydrogens (primary N) is 1. The number of nitrogens with zero attached hydrogens (tertiary/aromatic N) is 1. The van der Waals surface area contributed by atoms with Crippen molar-refractivity contribution in [1.29, 1.82) is 0 Å². The summed E-state index contributed by atoms with van der Waals surface area (Å²) in [4.78, 5) is 4.17. The van der Waals surface area contributed by atoms with E-state index in [-0.39, 0.29) is 0 Å². The van der Waals surface area contributed by atoms with Gasteiger partial charge in [0.25, 0.3) is 0 Å². The molecule has 90 valence electrons. The van der Waals surface area contributed by atoms with Crippen molar-refractivity contribution in [3.63, 3.8) is 0 Å². The van der Waals surface area contributed by atoms with E-state index in [4.69, 9.17) is 15.2 Å². The fourth-order valence-corrected chi connectivity index (χ4v) is 1.18. The molecule has 0 bridgehead atoms. The molecule has 0 fully saturated rings. The standard InChI is InChI=1S/C11H19N3O2/c1-8(13-2)6-16-7-9-4-5-10(15-3)11(12)14-9/h4-5,8,13H,6-7H2,1-3H3,(H2,12,14)/t8-/m1/s1. The first-order valence-electron chi connectivity index (χ1n) is 5.21. The highest BCUT2D eigenvalue weighted by atomic mass is 16.5. The van der Waals surface area contributed by atoms with Crippen molar-refractivity contribution >= 4 is 5.82 Å². The van der Waals surface area contributed by atoms with Crippen LogP contribution in [0.1, 0.15) is 12.6 Å². The van der Waals surface area contributed by atoms with Gasteiger partial charge in [-0.05, 0) is 26.1 Å². The summed E-state index contributed by atoms with van der Waals surface area (Å²) in [5, 5.41) is 3.09. The van der Waals surface area contributed by atoms with Gasteiger partial charge in [-0.3, -0.25) is 0 Å². The van der Waals surface area contributed by atoms with Gasteiger partial charge in [0.15, 0.2) is 11.6 Å². The van der Waals surface area contributed by atoms with Crippen molar-refractivity contribution < 1.29 is 9.47 Å². The molecular weight excluding hydrogens is 206 g/mol. The van der Waals surface area contributed by atoms with E-state index in [0.717, 1.165) is 5.69 Å². The first kappa shape index (κ1) is 12.7. The Morgan fingerprint density at radius 1 is 1.50 bits per heavy atom. The number of likely N-dealkylation sites (N-methyl/N-ethyl adjacent to an activating group) is 1. The smallest absolute Gasteiger partial charge is 0.166 e. The third kappa shape index (κ3) is 3.67. The van der Waals surface area contributed by atoms with Gasteiger partial charge in [0.05, 0.1) is 26.0 Å². The molecule has 0 aliphatic carbocycles. The topological polar surface area (TPSA) is 69.4 Å². The van der Waals surface area contributed by atoms with Crippen LogP contribution in [0.4, 0.5) is 5.82 Å². The van der Waals surface area contributed by atoms with Crippen molar-refractivity contribution in [2.45, 2.75) is 19.6 Å². The summed E-state index contributed by atoms with van der Waals surface area (Å²) in [5.41, 5.74) is 6.49. The Bertz CT molecular complexity index is 331. The molecule has 0 spiro atoms. The minimum Gasteiger partial charge on any atom is -0.493 e. The normalized spacial score (nSPS) is 12.4. The third-order valence-electron chi connectivity index (χ3n) is 2.27. The average molecular weight is 225 g/mol. The summed E-state index contributed by atoms with van der Waals surface area (Å²) in [6.45, 7) is 3.15. The Morgan fingerprint density at radius 2 is 2.25 bits per heavy atom. The minimum absolute atomic E-state index is 0.329. The van der Waals surface area contributed by atoms with Crippen LogP contribution in [0.3, 0.4) is 0 Å². The molecule has 0 amide bonds. The van der Waals surface area contributed by atoms with Crippen LogP contribution < -0.4 is 15.8 Å². The average Bonchev–Trinajstić information content (AvgIpc) is 2.29. The van der Waals surface area contributed by atoms with E-state index in [0.29, 0.717) is 30.8 Å². The molecule has 1 heterocycles. The van der Waals surface area contributed by atoms with Crippen molar-refractivity contribution in [2.75, 3.05) is 26.5 Å². The summed E-state index contributed by atoms with van der Waals surface area (Å²) in [7, 11) is 3.47. The Kier molecular flexibility index (Phi) is 5.01. The second-order valence-electron chi connectivity index (χ2n) is 3.59. The molecule has 0 aliphatic rings. The maximum Gasteiger partial charge on any atom is 0.166 e. The zero-order valence-electron chi connectivity index (χ0n) is 9.99. The van der Waals surface area contributed by atoms with E-state index >= 15 is 0 Å². The van der Waals surface area contributed by atoms with E-state index in [1.54, 1.807) is 13.2 Å². The molecule has 1 aromatic rings. The molecular formula is C11H19N3O2. The minimum atomic E-state index is 0.329. The number of nitrogens with one attached hydrogen (secondary N) is 1. The predicted molar refractivity (Wildman–Crippen MR) is 63.4 cm³/mol. The number of methoxy groups -OCH3 is 1. The van der Waals surface area contributed by atoms with E-state index in [1.807, 2.05) is 13.1 Å². The number of aromatic nitrogens is 1. The summed E-state index contributed by atoms with van der Waals surface area (Å²) in [5.74, 6) is 0.984. The van der Waals surface area contributed by atoms with Crippen LogP contribution >= 0.6 is 0 Å². The second-order valence-corrected chi connectivity index (χ2v) is 3.59. The van der Waals surface area contributed by atoms with Gasteiger partial charge in [0.2, 0.25) is 0 Å². The summed E-state index contributed by atoms with van der Waals surface area (Å²) in [6.07, 6.45) is 0. The van der Waals surface area contributed by atoms with Crippen LogP contribution in [0, 0.1) is 0 Å². The van der Waals surface area contributed by atoms with E-state index in [9.17, 15) is 0 Å². The summed E-state index contributed by atoms with van der Waals surface area (Å²) < 4.78 is 10.5. The lowest BCUT2D eigenvalue weighted by Crippen LogP contribution is -2.26. The van der Waals surface area contributed by atoms with Gasteiger partial charge >= 0.3 is 0 Å². The van der Waals surface area contributed by atoms with Crippen LogP contribution in [0.15, 0.2) is 12.1 Å². The van der Waals surface area contributed by atoms with E-state index in [1.165, 1.54) is 0 Å². The molecule has 3 N–H and O–H groups in total. The molecule has 0 radical (unpaired) electrons. The predicted octanol–water partition coefficient (Wildman–Crippen LogP) is 0.797. The van der Waals surface area contributed by atoms with Crippen molar-refractivity contribution in [2.24, 2.45) is 0 Å². The van der Waals surface area contributed by atoms with Gasteiger partial charge in [-0.25, -0.2) is 4.98 Å². The Morgan fingerprint density at radius 3 is 2.81 bits per heavy atom. The number of nitrogen functional groups attached to an aromatic ring is 1. The Balaban J connectivity index is 2.46. The lowest BCUT2D eigenvalue weighted by atomic mass is 10.3. The Hall–Kier alpha value is -1.33. The number of hydrogen-bond acceptors (Lipinski definition) is 5. The first-order chi connectivity index (χ1) is 7.67. The molecule has 0 saturated heterocycles. The third-order valence-corrected chi connectivity index (χ3v) is 2.27.